The summed E-state index contributed by atoms with van der Waals surface area (Å²) in [6, 6.07) is 5.95. The van der Waals surface area contributed by atoms with Gasteiger partial charge in [0.2, 0.25) is 5.91 Å². The number of benzene rings is 1. The summed E-state index contributed by atoms with van der Waals surface area (Å²) in [6.07, 6.45) is 3.36. The molecule has 1 aromatic rings. The average Bonchev–Trinajstić information content (AvgIpc) is 3.22. The average molecular weight is 332 g/mol. The number of nitrogens with zero attached hydrogens (tertiary/aromatic N) is 1. The van der Waals surface area contributed by atoms with Crippen molar-refractivity contribution < 1.29 is 19.4 Å². The Balaban J connectivity index is 1.65. The number of carbonyl (C=O) groups excluding carboxylic acids is 2. The summed E-state index contributed by atoms with van der Waals surface area (Å²) in [5.74, 6) is -0.498. The standard InChI is InChI=1S/C18H24N2O4/c1-18(9-5-11-24-18)12-19-16(22)14-7-4-10-20(14)17(23)13-6-2-3-8-15(13)21/h2-3,6,8,14,21H,4-5,7,9-12H2,1H3,(H,19,22). The first-order valence-corrected chi connectivity index (χ1v) is 8.51. The van der Waals surface area contributed by atoms with Crippen LogP contribution in [0.2, 0.25) is 0 Å². The van der Waals surface area contributed by atoms with Crippen molar-refractivity contribution in [1.82, 2.24) is 10.2 Å². The molecule has 0 bridgehead atoms. The normalized spacial score (nSPS) is 26.5. The largest absolute Gasteiger partial charge is 0.507 e. The molecule has 24 heavy (non-hydrogen) atoms. The maximum atomic E-state index is 12.7. The molecule has 0 aromatic heterocycles. The first-order valence-electron chi connectivity index (χ1n) is 8.51. The molecular weight excluding hydrogens is 308 g/mol. The zero-order valence-corrected chi connectivity index (χ0v) is 14.0. The molecule has 2 heterocycles. The van der Waals surface area contributed by atoms with Gasteiger partial charge in [0.15, 0.2) is 0 Å². The lowest BCUT2D eigenvalue weighted by atomic mass is 10.0. The number of hydrogen-bond donors (Lipinski definition) is 2. The van der Waals surface area contributed by atoms with Crippen molar-refractivity contribution in [2.45, 2.75) is 44.2 Å². The van der Waals surface area contributed by atoms with Crippen LogP contribution in [0, 0.1) is 0 Å². The maximum absolute atomic E-state index is 12.7. The molecule has 0 aliphatic carbocycles. The SMILES string of the molecule is CC1(CNC(=O)C2CCCN2C(=O)c2ccccc2O)CCCO1. The smallest absolute Gasteiger partial charge is 0.258 e. The fourth-order valence-electron chi connectivity index (χ4n) is 3.46. The number of likely N-dealkylation sites (tertiary alicyclic amines) is 1. The van der Waals surface area contributed by atoms with Crippen LogP contribution in [-0.2, 0) is 9.53 Å². The van der Waals surface area contributed by atoms with Crippen molar-refractivity contribution in [1.29, 1.82) is 0 Å². The monoisotopic (exact) mass is 332 g/mol. The number of carbonyl (C=O) groups is 2. The number of para-hydroxylation sites is 1. The van der Waals surface area contributed by atoms with Crippen LogP contribution in [0.15, 0.2) is 24.3 Å². The highest BCUT2D eigenvalue weighted by atomic mass is 16.5. The molecule has 6 heteroatoms. The third kappa shape index (κ3) is 3.38. The van der Waals surface area contributed by atoms with E-state index in [1.54, 1.807) is 23.1 Å². The van der Waals surface area contributed by atoms with Gasteiger partial charge in [0.25, 0.3) is 5.91 Å². The van der Waals surface area contributed by atoms with Crippen molar-refractivity contribution in [3.05, 3.63) is 29.8 Å². The number of nitrogens with one attached hydrogen (secondary N) is 1. The summed E-state index contributed by atoms with van der Waals surface area (Å²) < 4.78 is 5.68. The first-order chi connectivity index (χ1) is 11.5. The third-order valence-electron chi connectivity index (χ3n) is 4.89. The van der Waals surface area contributed by atoms with Crippen molar-refractivity contribution in [3.63, 3.8) is 0 Å². The predicted molar refractivity (Wildman–Crippen MR) is 88.8 cm³/mol. The minimum atomic E-state index is -0.484. The van der Waals surface area contributed by atoms with E-state index in [-0.39, 0.29) is 28.7 Å². The molecule has 2 aliphatic rings. The van der Waals surface area contributed by atoms with Crippen molar-refractivity contribution in [2.24, 2.45) is 0 Å². The molecular formula is C18H24N2O4. The summed E-state index contributed by atoms with van der Waals surface area (Å²) in [6.45, 7) is 3.72. The van der Waals surface area contributed by atoms with Crippen LogP contribution in [0.5, 0.6) is 5.75 Å². The van der Waals surface area contributed by atoms with Gasteiger partial charge in [-0.15, -0.1) is 0 Å². The van der Waals surface area contributed by atoms with Crippen LogP contribution >= 0.6 is 0 Å². The van der Waals surface area contributed by atoms with Gasteiger partial charge >= 0.3 is 0 Å². The Morgan fingerprint density at radius 1 is 1.38 bits per heavy atom. The number of aromatic hydroxyl groups is 1. The third-order valence-corrected chi connectivity index (χ3v) is 4.89. The van der Waals surface area contributed by atoms with E-state index in [0.717, 1.165) is 25.9 Å². The molecule has 0 spiro atoms. The second kappa shape index (κ2) is 6.81. The molecule has 2 aliphatic heterocycles. The minimum absolute atomic E-state index is 0.0552. The lowest BCUT2D eigenvalue weighted by Crippen LogP contribution is -2.49. The van der Waals surface area contributed by atoms with E-state index in [9.17, 15) is 14.7 Å². The lowest BCUT2D eigenvalue weighted by molar-refractivity contribution is -0.126. The molecule has 3 rings (SSSR count). The topological polar surface area (TPSA) is 78.9 Å². The zero-order chi connectivity index (χ0) is 17.2. The van der Waals surface area contributed by atoms with Gasteiger partial charge in [-0.2, -0.15) is 0 Å². The Morgan fingerprint density at radius 2 is 2.17 bits per heavy atom. The predicted octanol–water partition coefficient (Wildman–Crippen LogP) is 1.68. The number of phenols is 1. The van der Waals surface area contributed by atoms with Gasteiger partial charge in [-0.05, 0) is 44.7 Å². The van der Waals surface area contributed by atoms with E-state index in [0.29, 0.717) is 19.5 Å². The van der Waals surface area contributed by atoms with Gasteiger partial charge < -0.3 is 20.1 Å². The van der Waals surface area contributed by atoms with E-state index >= 15 is 0 Å². The van der Waals surface area contributed by atoms with Gasteiger partial charge in [0.05, 0.1) is 11.2 Å². The highest BCUT2D eigenvalue weighted by Crippen LogP contribution is 2.26. The first kappa shape index (κ1) is 16.8. The second-order valence-electron chi connectivity index (χ2n) is 6.79. The Morgan fingerprint density at radius 3 is 2.88 bits per heavy atom. The van der Waals surface area contributed by atoms with Crippen LogP contribution in [0.25, 0.3) is 0 Å². The Bertz CT molecular complexity index is 625. The second-order valence-corrected chi connectivity index (χ2v) is 6.79. The molecule has 2 unspecified atom stereocenters. The molecule has 2 saturated heterocycles. The van der Waals surface area contributed by atoms with Gasteiger partial charge in [0.1, 0.15) is 11.8 Å². The number of ether oxygens (including phenoxy) is 1. The highest BCUT2D eigenvalue weighted by Gasteiger charge is 2.37. The molecule has 2 atom stereocenters. The van der Waals surface area contributed by atoms with Crippen molar-refractivity contribution in [2.75, 3.05) is 19.7 Å². The van der Waals surface area contributed by atoms with E-state index in [1.165, 1.54) is 6.07 Å². The van der Waals surface area contributed by atoms with Gasteiger partial charge in [-0.3, -0.25) is 9.59 Å². The molecule has 130 valence electrons. The zero-order valence-electron chi connectivity index (χ0n) is 14.0. The Kier molecular flexibility index (Phi) is 4.76. The van der Waals surface area contributed by atoms with Crippen LogP contribution in [0.3, 0.4) is 0 Å². The summed E-state index contributed by atoms with van der Waals surface area (Å²) >= 11 is 0. The summed E-state index contributed by atoms with van der Waals surface area (Å²) in [5.41, 5.74) is -0.0656. The number of rotatable bonds is 4. The van der Waals surface area contributed by atoms with Gasteiger partial charge in [0, 0.05) is 19.7 Å². The van der Waals surface area contributed by atoms with E-state index in [2.05, 4.69) is 5.32 Å². The molecule has 2 amide bonds. The minimum Gasteiger partial charge on any atom is -0.507 e. The molecule has 2 N–H and O–H groups in total. The Labute approximate surface area is 141 Å². The fourth-order valence-corrected chi connectivity index (χ4v) is 3.46. The Hall–Kier alpha value is -2.08. The number of phenolic OH excluding ortho intramolecular Hbond substituents is 1. The van der Waals surface area contributed by atoms with Gasteiger partial charge in [-0.25, -0.2) is 0 Å². The van der Waals surface area contributed by atoms with Crippen LogP contribution in [0.4, 0.5) is 0 Å². The number of amides is 2. The van der Waals surface area contributed by atoms with E-state index in [1.807, 2.05) is 6.92 Å². The van der Waals surface area contributed by atoms with Crippen LogP contribution in [0.1, 0.15) is 43.0 Å². The fraction of sp³-hybridized carbons (Fsp3) is 0.556. The quantitative estimate of drug-likeness (QED) is 0.879. The van der Waals surface area contributed by atoms with E-state index in [4.69, 9.17) is 4.74 Å². The van der Waals surface area contributed by atoms with Crippen LogP contribution < -0.4 is 5.32 Å². The summed E-state index contributed by atoms with van der Waals surface area (Å²) in [4.78, 5) is 26.8. The highest BCUT2D eigenvalue weighted by molar-refractivity contribution is 5.99. The lowest BCUT2D eigenvalue weighted by Gasteiger charge is -2.27. The van der Waals surface area contributed by atoms with Crippen molar-refractivity contribution in [3.8, 4) is 5.75 Å². The van der Waals surface area contributed by atoms with Crippen LogP contribution in [-0.4, -0.2) is 53.2 Å². The summed E-state index contributed by atoms with van der Waals surface area (Å²) in [5, 5.41) is 12.8. The maximum Gasteiger partial charge on any atom is 0.258 e. The molecule has 0 radical (unpaired) electrons. The molecule has 1 aromatic carbocycles. The number of hydrogen-bond acceptors (Lipinski definition) is 4. The van der Waals surface area contributed by atoms with E-state index < -0.39 is 6.04 Å². The van der Waals surface area contributed by atoms with Crippen molar-refractivity contribution >= 4 is 11.8 Å². The molecule has 0 saturated carbocycles. The molecule has 2 fully saturated rings. The van der Waals surface area contributed by atoms with Gasteiger partial charge in [-0.1, -0.05) is 12.1 Å². The summed E-state index contributed by atoms with van der Waals surface area (Å²) in [7, 11) is 0. The molecule has 6 nitrogen and oxygen atoms in total.